The summed E-state index contributed by atoms with van der Waals surface area (Å²) in [5.74, 6) is -0.826. The molecule has 0 spiro atoms. The van der Waals surface area contributed by atoms with Crippen LogP contribution >= 0.6 is 0 Å². The average molecular weight is 125 g/mol. The van der Waals surface area contributed by atoms with Crippen molar-refractivity contribution in [3.05, 3.63) is 0 Å². The Kier molecular flexibility index (Phi) is 1.39. The molecule has 9 heavy (non-hydrogen) atoms. The number of carbonyl (C=O) groups is 1. The normalized spacial score (nSPS) is 31.0. The summed E-state index contributed by atoms with van der Waals surface area (Å²) in [6.45, 7) is 0. The molecule has 0 saturated heterocycles. The summed E-state index contributed by atoms with van der Waals surface area (Å²) in [6.07, 6.45) is 1.10. The zero-order valence-corrected chi connectivity index (χ0v) is 4.87. The summed E-state index contributed by atoms with van der Waals surface area (Å²) in [7, 11) is 0. The number of hydrogen-bond donors (Lipinski definition) is 1. The maximum atomic E-state index is 10.1. The highest BCUT2D eigenvalue weighted by molar-refractivity contribution is 5.73. The van der Waals surface area contributed by atoms with E-state index in [9.17, 15) is 4.79 Å². The van der Waals surface area contributed by atoms with Gasteiger partial charge in [-0.25, -0.2) is 0 Å². The van der Waals surface area contributed by atoms with Crippen molar-refractivity contribution in [2.24, 2.45) is 11.8 Å². The molecular formula is C6H7NO2. The summed E-state index contributed by atoms with van der Waals surface area (Å²) in [5, 5.41) is 16.5. The maximum absolute atomic E-state index is 10.1. The third kappa shape index (κ3) is 1.20. The summed E-state index contributed by atoms with van der Waals surface area (Å²) in [5.41, 5.74) is 0. The van der Waals surface area contributed by atoms with Crippen LogP contribution in [0.5, 0.6) is 0 Å². The van der Waals surface area contributed by atoms with Crippen LogP contribution in [0, 0.1) is 23.2 Å². The molecule has 0 amide bonds. The Morgan fingerprint density at radius 3 is 2.89 bits per heavy atom. The average Bonchev–Trinajstić information content (AvgIpc) is 2.47. The topological polar surface area (TPSA) is 61.1 Å². The lowest BCUT2D eigenvalue weighted by Gasteiger charge is -1.83. The van der Waals surface area contributed by atoms with E-state index in [2.05, 4.69) is 0 Å². The third-order valence-electron chi connectivity index (χ3n) is 1.59. The second kappa shape index (κ2) is 2.06. The Morgan fingerprint density at radius 2 is 2.56 bits per heavy atom. The molecule has 2 atom stereocenters. The third-order valence-corrected chi connectivity index (χ3v) is 1.59. The fourth-order valence-corrected chi connectivity index (χ4v) is 0.893. The van der Waals surface area contributed by atoms with Crippen molar-refractivity contribution in [1.29, 1.82) is 5.26 Å². The van der Waals surface area contributed by atoms with Gasteiger partial charge in [0, 0.05) is 6.42 Å². The van der Waals surface area contributed by atoms with Crippen molar-refractivity contribution < 1.29 is 9.90 Å². The number of aliphatic carboxylic acids is 1. The predicted octanol–water partition coefficient (Wildman–Crippen LogP) is 0.621. The first-order valence-corrected chi connectivity index (χ1v) is 2.85. The molecule has 48 valence electrons. The molecule has 1 aliphatic carbocycles. The highest BCUT2D eigenvalue weighted by atomic mass is 16.4. The largest absolute Gasteiger partial charge is 0.481 e. The number of rotatable bonds is 2. The number of nitriles is 1. The summed E-state index contributed by atoms with van der Waals surface area (Å²) >= 11 is 0. The SMILES string of the molecule is N#CC[C@H]1C[C@H]1C(=O)O. The molecule has 0 aromatic heterocycles. The fraction of sp³-hybridized carbons (Fsp3) is 0.667. The van der Waals surface area contributed by atoms with Crippen LogP contribution in [0.3, 0.4) is 0 Å². The molecule has 0 heterocycles. The highest BCUT2D eigenvalue weighted by Crippen LogP contribution is 2.40. The van der Waals surface area contributed by atoms with Gasteiger partial charge in [0.1, 0.15) is 0 Å². The maximum Gasteiger partial charge on any atom is 0.306 e. The zero-order valence-electron chi connectivity index (χ0n) is 4.87. The van der Waals surface area contributed by atoms with Crippen LogP contribution in [-0.2, 0) is 4.79 Å². The monoisotopic (exact) mass is 125 g/mol. The van der Waals surface area contributed by atoms with Crippen LogP contribution in [-0.4, -0.2) is 11.1 Å². The minimum atomic E-state index is -0.754. The molecule has 1 rings (SSSR count). The molecule has 0 aliphatic heterocycles. The van der Waals surface area contributed by atoms with E-state index in [-0.39, 0.29) is 11.8 Å². The minimum Gasteiger partial charge on any atom is -0.481 e. The molecule has 0 radical (unpaired) electrons. The zero-order chi connectivity index (χ0) is 6.85. The van der Waals surface area contributed by atoms with Crippen LogP contribution < -0.4 is 0 Å². The highest BCUT2D eigenvalue weighted by Gasteiger charge is 2.42. The lowest BCUT2D eigenvalue weighted by Crippen LogP contribution is -1.98. The summed E-state index contributed by atoms with van der Waals surface area (Å²) in [6, 6.07) is 1.95. The van der Waals surface area contributed by atoms with E-state index < -0.39 is 5.97 Å². The Balaban J connectivity index is 2.27. The lowest BCUT2D eigenvalue weighted by atomic mass is 10.2. The number of hydrogen-bond acceptors (Lipinski definition) is 2. The number of nitrogens with zero attached hydrogens (tertiary/aromatic N) is 1. The molecule has 0 unspecified atom stereocenters. The van der Waals surface area contributed by atoms with Crippen molar-refractivity contribution in [3.8, 4) is 6.07 Å². The molecule has 0 aromatic rings. The van der Waals surface area contributed by atoms with Gasteiger partial charge in [-0.2, -0.15) is 5.26 Å². The van der Waals surface area contributed by atoms with Crippen LogP contribution in [0.4, 0.5) is 0 Å². The molecule has 1 saturated carbocycles. The quantitative estimate of drug-likeness (QED) is 0.588. The second-order valence-corrected chi connectivity index (χ2v) is 2.30. The van der Waals surface area contributed by atoms with Gasteiger partial charge < -0.3 is 5.11 Å². The molecule has 3 nitrogen and oxygen atoms in total. The van der Waals surface area contributed by atoms with Crippen molar-refractivity contribution in [1.82, 2.24) is 0 Å². The van der Waals surface area contributed by atoms with Crippen LogP contribution in [0.15, 0.2) is 0 Å². The summed E-state index contributed by atoms with van der Waals surface area (Å²) < 4.78 is 0. The Bertz CT molecular complexity index is 170. The molecule has 3 heteroatoms. The Labute approximate surface area is 52.9 Å². The molecule has 0 aromatic carbocycles. The van der Waals surface area contributed by atoms with Crippen molar-refractivity contribution in [3.63, 3.8) is 0 Å². The minimum absolute atomic E-state index is 0.146. The van der Waals surface area contributed by atoms with E-state index >= 15 is 0 Å². The number of carboxylic acids is 1. The molecule has 1 fully saturated rings. The van der Waals surface area contributed by atoms with Crippen molar-refractivity contribution >= 4 is 5.97 Å². The van der Waals surface area contributed by atoms with E-state index in [0.29, 0.717) is 12.8 Å². The van der Waals surface area contributed by atoms with Gasteiger partial charge in [0.25, 0.3) is 0 Å². The molecular weight excluding hydrogens is 118 g/mol. The predicted molar refractivity (Wildman–Crippen MR) is 29.5 cm³/mol. The van der Waals surface area contributed by atoms with E-state index in [1.807, 2.05) is 6.07 Å². The van der Waals surface area contributed by atoms with Crippen LogP contribution in [0.25, 0.3) is 0 Å². The first-order chi connectivity index (χ1) is 4.25. The Morgan fingerprint density at radius 1 is 1.89 bits per heavy atom. The van der Waals surface area contributed by atoms with Gasteiger partial charge >= 0.3 is 5.97 Å². The standard InChI is InChI=1S/C6H7NO2/c7-2-1-4-3-5(4)6(8)9/h4-5H,1,3H2,(H,8,9)/t4-,5+/m0/s1. The van der Waals surface area contributed by atoms with Crippen molar-refractivity contribution in [2.75, 3.05) is 0 Å². The number of carboxylic acid groups (broad SMARTS) is 1. The van der Waals surface area contributed by atoms with Crippen LogP contribution in [0.2, 0.25) is 0 Å². The second-order valence-electron chi connectivity index (χ2n) is 2.30. The van der Waals surface area contributed by atoms with Crippen molar-refractivity contribution in [2.45, 2.75) is 12.8 Å². The molecule has 0 bridgehead atoms. The van der Waals surface area contributed by atoms with E-state index in [4.69, 9.17) is 10.4 Å². The van der Waals surface area contributed by atoms with Gasteiger partial charge in [0.05, 0.1) is 12.0 Å². The summed E-state index contributed by atoms with van der Waals surface area (Å²) in [4.78, 5) is 10.1. The molecule has 1 N–H and O–H groups in total. The van der Waals surface area contributed by atoms with E-state index in [1.54, 1.807) is 0 Å². The smallest absolute Gasteiger partial charge is 0.306 e. The van der Waals surface area contributed by atoms with Gasteiger partial charge in [-0.05, 0) is 12.3 Å². The fourth-order valence-electron chi connectivity index (χ4n) is 0.893. The molecule has 1 aliphatic rings. The van der Waals surface area contributed by atoms with Gasteiger partial charge in [0.2, 0.25) is 0 Å². The Hall–Kier alpha value is -1.04. The van der Waals surface area contributed by atoms with Gasteiger partial charge in [-0.15, -0.1) is 0 Å². The van der Waals surface area contributed by atoms with E-state index in [0.717, 1.165) is 0 Å². The van der Waals surface area contributed by atoms with Gasteiger partial charge in [-0.3, -0.25) is 4.79 Å². The van der Waals surface area contributed by atoms with Gasteiger partial charge in [0.15, 0.2) is 0 Å². The first kappa shape index (κ1) is 6.09. The lowest BCUT2D eigenvalue weighted by molar-refractivity contribution is -0.138. The van der Waals surface area contributed by atoms with Crippen LogP contribution in [0.1, 0.15) is 12.8 Å². The first-order valence-electron chi connectivity index (χ1n) is 2.85. The van der Waals surface area contributed by atoms with E-state index in [1.165, 1.54) is 0 Å². The van der Waals surface area contributed by atoms with Gasteiger partial charge in [-0.1, -0.05) is 0 Å².